The first-order chi connectivity index (χ1) is 17.2. The number of ether oxygens (including phenoxy) is 2. The van der Waals surface area contributed by atoms with E-state index in [-0.39, 0.29) is 18.6 Å². The molecule has 0 saturated carbocycles. The molecular formula is C27H24ClF3O6. The van der Waals surface area contributed by atoms with Gasteiger partial charge in [0.05, 0.1) is 12.0 Å². The third kappa shape index (κ3) is 7.16. The highest BCUT2D eigenvalue weighted by Gasteiger charge is 2.37. The first kappa shape index (κ1) is 27.9. The van der Waals surface area contributed by atoms with Crippen molar-refractivity contribution in [3.8, 4) is 22.6 Å². The van der Waals surface area contributed by atoms with E-state index in [9.17, 15) is 27.9 Å². The third-order valence-electron chi connectivity index (χ3n) is 5.12. The molecule has 0 saturated heterocycles. The van der Waals surface area contributed by atoms with Crippen LogP contribution in [0.5, 0.6) is 11.5 Å². The number of halogens is 4. The first-order valence-corrected chi connectivity index (χ1v) is 11.4. The molecule has 2 N–H and O–H groups in total. The lowest BCUT2D eigenvalue weighted by molar-refractivity contribution is -0.139. The van der Waals surface area contributed by atoms with E-state index in [0.717, 1.165) is 11.6 Å². The molecule has 0 aromatic heterocycles. The van der Waals surface area contributed by atoms with Gasteiger partial charge in [-0.25, -0.2) is 4.79 Å². The monoisotopic (exact) mass is 536 g/mol. The Morgan fingerprint density at radius 3 is 2.16 bits per heavy atom. The summed E-state index contributed by atoms with van der Waals surface area (Å²) in [6.07, 6.45) is -5.03. The SMILES string of the molecule is CC(C)(C)OC(=O)c1c(COc2ccc(-c3ccc(CC(=O)O)cc3Cl)cc2)ccc(C(F)(F)F)c1O. The van der Waals surface area contributed by atoms with Crippen LogP contribution in [-0.2, 0) is 28.7 Å². The molecule has 0 spiro atoms. The minimum absolute atomic E-state index is 0.0147. The average molecular weight is 537 g/mol. The number of phenolic OH excluding ortho intramolecular Hbond substituents is 1. The normalized spacial score (nSPS) is 11.8. The molecule has 0 amide bonds. The predicted molar refractivity (Wildman–Crippen MR) is 131 cm³/mol. The van der Waals surface area contributed by atoms with Crippen LogP contribution < -0.4 is 4.74 Å². The Bertz CT molecular complexity index is 1310. The minimum Gasteiger partial charge on any atom is -0.506 e. The van der Waals surface area contributed by atoms with Crippen molar-refractivity contribution < 1.29 is 42.4 Å². The standard InChI is InChI=1S/C27H24ClF3O6/c1-26(2,3)37-25(35)23-17(7-11-20(24(23)34)27(29,30)31)14-36-18-8-5-16(6-9-18)19-10-4-15(12-21(19)28)13-22(32)33/h4-12,34H,13-14H2,1-3H3,(H,32,33). The Hall–Kier alpha value is -3.72. The molecule has 0 radical (unpaired) electrons. The van der Waals surface area contributed by atoms with Crippen molar-refractivity contribution in [3.05, 3.63) is 81.9 Å². The summed E-state index contributed by atoms with van der Waals surface area (Å²) in [5, 5.41) is 19.6. The van der Waals surface area contributed by atoms with Crippen molar-refractivity contribution in [3.63, 3.8) is 0 Å². The van der Waals surface area contributed by atoms with E-state index in [0.29, 0.717) is 28.0 Å². The van der Waals surface area contributed by atoms with Crippen molar-refractivity contribution in [1.82, 2.24) is 0 Å². The van der Waals surface area contributed by atoms with E-state index in [1.54, 1.807) is 63.2 Å². The fourth-order valence-corrected chi connectivity index (χ4v) is 3.82. The van der Waals surface area contributed by atoms with Gasteiger partial charge in [0.1, 0.15) is 29.3 Å². The molecule has 10 heteroatoms. The van der Waals surface area contributed by atoms with Gasteiger partial charge in [-0.05, 0) is 56.2 Å². The molecule has 0 aliphatic rings. The average Bonchev–Trinajstić information content (AvgIpc) is 2.75. The fraction of sp³-hybridized carbons (Fsp3) is 0.259. The van der Waals surface area contributed by atoms with Crippen LogP contribution >= 0.6 is 11.6 Å². The van der Waals surface area contributed by atoms with Gasteiger partial charge in [-0.2, -0.15) is 13.2 Å². The number of aliphatic carboxylic acids is 1. The van der Waals surface area contributed by atoms with Crippen LogP contribution in [0.4, 0.5) is 13.2 Å². The number of phenols is 1. The van der Waals surface area contributed by atoms with Crippen molar-refractivity contribution in [2.24, 2.45) is 0 Å². The second-order valence-corrected chi connectivity index (χ2v) is 9.60. The zero-order chi connectivity index (χ0) is 27.5. The fourth-order valence-electron chi connectivity index (χ4n) is 3.51. The van der Waals surface area contributed by atoms with Gasteiger partial charge in [0.2, 0.25) is 0 Å². The van der Waals surface area contributed by atoms with Crippen LogP contribution in [0.1, 0.15) is 47.8 Å². The maximum absolute atomic E-state index is 13.3. The molecule has 3 aromatic carbocycles. The third-order valence-corrected chi connectivity index (χ3v) is 5.43. The van der Waals surface area contributed by atoms with Crippen LogP contribution in [0.3, 0.4) is 0 Å². The first-order valence-electron chi connectivity index (χ1n) is 11.0. The van der Waals surface area contributed by atoms with Gasteiger partial charge in [0.25, 0.3) is 0 Å². The van der Waals surface area contributed by atoms with Crippen LogP contribution in [0.25, 0.3) is 11.1 Å². The highest BCUT2D eigenvalue weighted by Crippen LogP contribution is 2.40. The van der Waals surface area contributed by atoms with E-state index in [4.69, 9.17) is 26.2 Å². The molecule has 0 heterocycles. The smallest absolute Gasteiger partial charge is 0.419 e. The van der Waals surface area contributed by atoms with E-state index < -0.39 is 40.6 Å². The van der Waals surface area contributed by atoms with E-state index in [2.05, 4.69) is 0 Å². The number of carboxylic acid groups (broad SMARTS) is 1. The van der Waals surface area contributed by atoms with Crippen LogP contribution in [-0.4, -0.2) is 27.8 Å². The van der Waals surface area contributed by atoms with Gasteiger partial charge in [-0.15, -0.1) is 0 Å². The molecule has 0 aliphatic carbocycles. The maximum Gasteiger partial charge on any atom is 0.419 e. The number of alkyl halides is 3. The number of carbonyl (C=O) groups is 2. The molecule has 196 valence electrons. The van der Waals surface area contributed by atoms with Gasteiger partial charge < -0.3 is 19.7 Å². The van der Waals surface area contributed by atoms with E-state index in [1.807, 2.05) is 0 Å². The number of carboxylic acids is 1. The summed E-state index contributed by atoms with van der Waals surface area (Å²) < 4.78 is 50.8. The van der Waals surface area contributed by atoms with Gasteiger partial charge in [0.15, 0.2) is 0 Å². The Balaban J connectivity index is 1.84. The second-order valence-electron chi connectivity index (χ2n) is 9.19. The lowest BCUT2D eigenvalue weighted by Crippen LogP contribution is -2.25. The molecule has 3 rings (SSSR count). The zero-order valence-electron chi connectivity index (χ0n) is 20.1. The van der Waals surface area contributed by atoms with Gasteiger partial charge in [-0.3, -0.25) is 4.79 Å². The molecule has 0 bridgehead atoms. The number of carbonyl (C=O) groups excluding carboxylic acids is 1. The number of hydrogen-bond acceptors (Lipinski definition) is 5. The van der Waals surface area contributed by atoms with Crippen LogP contribution in [0.15, 0.2) is 54.6 Å². The summed E-state index contributed by atoms with van der Waals surface area (Å²) in [5.74, 6) is -2.95. The van der Waals surface area contributed by atoms with Crippen LogP contribution in [0.2, 0.25) is 5.02 Å². The number of aromatic hydroxyl groups is 1. The van der Waals surface area contributed by atoms with E-state index in [1.165, 1.54) is 0 Å². The summed E-state index contributed by atoms with van der Waals surface area (Å²) in [4.78, 5) is 23.5. The minimum atomic E-state index is -4.87. The summed E-state index contributed by atoms with van der Waals surface area (Å²) in [7, 11) is 0. The Morgan fingerprint density at radius 2 is 1.62 bits per heavy atom. The maximum atomic E-state index is 13.3. The second kappa shape index (κ2) is 10.7. The Morgan fingerprint density at radius 1 is 0.973 bits per heavy atom. The summed E-state index contributed by atoms with van der Waals surface area (Å²) in [6.45, 7) is 4.35. The number of hydrogen-bond donors (Lipinski definition) is 2. The Kier molecular flexibility index (Phi) is 8.07. The summed E-state index contributed by atoms with van der Waals surface area (Å²) in [6, 6.07) is 13.3. The molecular weight excluding hydrogens is 513 g/mol. The summed E-state index contributed by atoms with van der Waals surface area (Å²) >= 11 is 6.31. The summed E-state index contributed by atoms with van der Waals surface area (Å²) in [5.41, 5.74) is -1.01. The van der Waals surface area contributed by atoms with Crippen molar-refractivity contribution in [2.75, 3.05) is 0 Å². The van der Waals surface area contributed by atoms with Gasteiger partial charge in [-0.1, -0.05) is 41.9 Å². The highest BCUT2D eigenvalue weighted by molar-refractivity contribution is 6.33. The lowest BCUT2D eigenvalue weighted by atomic mass is 10.0. The van der Waals surface area contributed by atoms with Crippen molar-refractivity contribution in [1.29, 1.82) is 0 Å². The van der Waals surface area contributed by atoms with Crippen LogP contribution in [0, 0.1) is 0 Å². The van der Waals surface area contributed by atoms with Gasteiger partial charge >= 0.3 is 18.1 Å². The molecule has 6 nitrogen and oxygen atoms in total. The number of rotatable bonds is 7. The topological polar surface area (TPSA) is 93.1 Å². The number of benzene rings is 3. The molecule has 0 fully saturated rings. The molecule has 0 atom stereocenters. The lowest BCUT2D eigenvalue weighted by Gasteiger charge is -2.22. The quantitative estimate of drug-likeness (QED) is 0.319. The zero-order valence-corrected chi connectivity index (χ0v) is 20.9. The van der Waals surface area contributed by atoms with Gasteiger partial charge in [0, 0.05) is 16.1 Å². The van der Waals surface area contributed by atoms with Crippen molar-refractivity contribution in [2.45, 2.75) is 45.6 Å². The molecule has 0 unspecified atom stereocenters. The molecule has 3 aromatic rings. The molecule has 37 heavy (non-hydrogen) atoms. The van der Waals surface area contributed by atoms with E-state index >= 15 is 0 Å². The number of esters is 1. The largest absolute Gasteiger partial charge is 0.506 e. The highest BCUT2D eigenvalue weighted by atomic mass is 35.5. The Labute approximate surface area is 216 Å². The predicted octanol–water partition coefficient (Wildman–Crippen LogP) is 6.89. The molecule has 0 aliphatic heterocycles. The van der Waals surface area contributed by atoms with Crippen molar-refractivity contribution >= 4 is 23.5 Å².